The number of hydrogen-bond acceptors (Lipinski definition) is 3. The molecule has 1 atom stereocenters. The van der Waals surface area contributed by atoms with Crippen molar-refractivity contribution in [3.8, 4) is 0 Å². The molecule has 1 aliphatic heterocycles. The fourth-order valence-electron chi connectivity index (χ4n) is 1.98. The minimum absolute atomic E-state index is 0.878. The highest BCUT2D eigenvalue weighted by Gasteiger charge is 2.16. The van der Waals surface area contributed by atoms with Crippen LogP contribution in [0.15, 0.2) is 0 Å². The van der Waals surface area contributed by atoms with Crippen molar-refractivity contribution in [1.82, 2.24) is 9.80 Å². The van der Waals surface area contributed by atoms with Gasteiger partial charge in [-0.1, -0.05) is 0 Å². The zero-order valence-corrected chi connectivity index (χ0v) is 9.76. The third-order valence-electron chi connectivity index (χ3n) is 2.88. The monoisotopic (exact) mass is 202 g/mol. The highest BCUT2D eigenvalue weighted by atomic mass is 32.1. The number of hydrogen-bond donors (Lipinski definition) is 1. The number of rotatable bonds is 4. The fourth-order valence-corrected chi connectivity index (χ4v) is 2.12. The van der Waals surface area contributed by atoms with Crippen LogP contribution in [-0.4, -0.2) is 49.4 Å². The van der Waals surface area contributed by atoms with Crippen molar-refractivity contribution in [2.45, 2.75) is 19.3 Å². The molecule has 13 heavy (non-hydrogen) atoms. The van der Waals surface area contributed by atoms with E-state index in [2.05, 4.69) is 36.5 Å². The van der Waals surface area contributed by atoms with Crippen LogP contribution in [-0.2, 0) is 0 Å². The second-order valence-electron chi connectivity index (χ2n) is 4.28. The number of thiol groups is 1. The molecular formula is C10H22N2S. The molecule has 78 valence electrons. The van der Waals surface area contributed by atoms with E-state index >= 15 is 0 Å². The summed E-state index contributed by atoms with van der Waals surface area (Å²) in [6.45, 7) is 3.78. The summed E-state index contributed by atoms with van der Waals surface area (Å²) in [5, 5.41) is 0. The van der Waals surface area contributed by atoms with Crippen molar-refractivity contribution in [3.63, 3.8) is 0 Å². The van der Waals surface area contributed by atoms with Gasteiger partial charge in [-0.3, -0.25) is 4.90 Å². The van der Waals surface area contributed by atoms with Crippen LogP contribution in [0, 0.1) is 5.92 Å². The molecule has 0 aromatic rings. The Bertz CT molecular complexity index is 141. The summed E-state index contributed by atoms with van der Waals surface area (Å²) >= 11 is 4.25. The van der Waals surface area contributed by atoms with E-state index in [4.69, 9.17) is 0 Å². The van der Waals surface area contributed by atoms with Gasteiger partial charge in [0.05, 0.1) is 0 Å². The van der Waals surface area contributed by atoms with Crippen LogP contribution < -0.4 is 0 Å². The normalized spacial score (nSPS) is 25.4. The Morgan fingerprint density at radius 1 is 1.54 bits per heavy atom. The molecule has 0 saturated carbocycles. The Kier molecular flexibility index (Phi) is 5.14. The lowest BCUT2D eigenvalue weighted by Crippen LogP contribution is -2.33. The van der Waals surface area contributed by atoms with E-state index in [1.165, 1.54) is 38.9 Å². The molecule has 0 amide bonds. The summed E-state index contributed by atoms with van der Waals surface area (Å²) in [6.07, 6.45) is 4.14. The third kappa shape index (κ3) is 4.34. The van der Waals surface area contributed by atoms with Gasteiger partial charge in [0.15, 0.2) is 0 Å². The Balaban J connectivity index is 2.13. The lowest BCUT2D eigenvalue weighted by Gasteiger charge is -2.30. The fraction of sp³-hybridized carbons (Fsp3) is 1.00. The second-order valence-corrected chi connectivity index (χ2v) is 4.56. The Labute approximate surface area is 87.7 Å². The van der Waals surface area contributed by atoms with Crippen LogP contribution in [0.4, 0.5) is 0 Å². The number of likely N-dealkylation sites (tertiary alicyclic amines) is 1. The van der Waals surface area contributed by atoms with Crippen molar-refractivity contribution < 1.29 is 0 Å². The van der Waals surface area contributed by atoms with E-state index in [0.717, 1.165) is 11.8 Å². The maximum atomic E-state index is 4.25. The minimum Gasteiger partial charge on any atom is -0.306 e. The maximum absolute atomic E-state index is 4.25. The summed E-state index contributed by atoms with van der Waals surface area (Å²) in [5.41, 5.74) is 0. The van der Waals surface area contributed by atoms with E-state index in [1.807, 2.05) is 0 Å². The molecular weight excluding hydrogens is 180 g/mol. The molecule has 0 radical (unpaired) electrons. The Morgan fingerprint density at radius 3 is 2.92 bits per heavy atom. The smallest absolute Gasteiger partial charge is 0.0411 e. The maximum Gasteiger partial charge on any atom is 0.0411 e. The van der Waals surface area contributed by atoms with Crippen LogP contribution in [0.2, 0.25) is 0 Å². The summed E-state index contributed by atoms with van der Waals surface area (Å²) in [4.78, 5) is 4.73. The standard InChI is InChI=1S/C10H22N2S/c1-11-6-3-4-10(8-11)5-7-12(2)9-13/h10,13H,3-9H2,1-2H3. The van der Waals surface area contributed by atoms with Gasteiger partial charge in [0.1, 0.15) is 0 Å². The van der Waals surface area contributed by atoms with Crippen LogP contribution in [0.25, 0.3) is 0 Å². The average molecular weight is 202 g/mol. The summed E-state index contributed by atoms with van der Waals surface area (Å²) in [7, 11) is 4.37. The van der Waals surface area contributed by atoms with Gasteiger partial charge in [-0.25, -0.2) is 0 Å². The van der Waals surface area contributed by atoms with Gasteiger partial charge in [-0.2, -0.15) is 12.6 Å². The van der Waals surface area contributed by atoms with Gasteiger partial charge in [0.2, 0.25) is 0 Å². The molecule has 3 heteroatoms. The average Bonchev–Trinajstić information content (AvgIpc) is 2.14. The molecule has 1 unspecified atom stereocenters. The first kappa shape index (κ1) is 11.3. The van der Waals surface area contributed by atoms with Gasteiger partial charge in [0, 0.05) is 12.4 Å². The molecule has 2 nitrogen and oxygen atoms in total. The zero-order valence-electron chi connectivity index (χ0n) is 8.87. The van der Waals surface area contributed by atoms with Crippen molar-refractivity contribution in [1.29, 1.82) is 0 Å². The quantitative estimate of drug-likeness (QED) is 0.546. The first-order chi connectivity index (χ1) is 6.22. The van der Waals surface area contributed by atoms with Gasteiger partial charge >= 0.3 is 0 Å². The molecule has 1 saturated heterocycles. The molecule has 0 spiro atoms. The van der Waals surface area contributed by atoms with Crippen LogP contribution in [0.1, 0.15) is 19.3 Å². The van der Waals surface area contributed by atoms with E-state index in [-0.39, 0.29) is 0 Å². The molecule has 0 N–H and O–H groups in total. The van der Waals surface area contributed by atoms with Gasteiger partial charge in [-0.15, -0.1) is 0 Å². The number of piperidine rings is 1. The topological polar surface area (TPSA) is 6.48 Å². The molecule has 1 fully saturated rings. The van der Waals surface area contributed by atoms with E-state index in [0.29, 0.717) is 0 Å². The minimum atomic E-state index is 0.878. The van der Waals surface area contributed by atoms with Crippen LogP contribution in [0.5, 0.6) is 0 Å². The van der Waals surface area contributed by atoms with Gasteiger partial charge in [-0.05, 0) is 52.4 Å². The predicted molar refractivity (Wildman–Crippen MR) is 61.3 cm³/mol. The summed E-state index contributed by atoms with van der Waals surface area (Å²) < 4.78 is 0. The predicted octanol–water partition coefficient (Wildman–Crippen LogP) is 1.54. The van der Waals surface area contributed by atoms with E-state index in [1.54, 1.807) is 0 Å². The van der Waals surface area contributed by atoms with Gasteiger partial charge in [0.25, 0.3) is 0 Å². The molecule has 0 bridgehead atoms. The molecule has 1 heterocycles. The molecule has 0 aromatic carbocycles. The van der Waals surface area contributed by atoms with Crippen molar-refractivity contribution in [2.24, 2.45) is 5.92 Å². The largest absolute Gasteiger partial charge is 0.306 e. The van der Waals surface area contributed by atoms with Crippen LogP contribution >= 0.6 is 12.6 Å². The van der Waals surface area contributed by atoms with E-state index in [9.17, 15) is 0 Å². The molecule has 1 aliphatic rings. The first-order valence-electron chi connectivity index (χ1n) is 5.20. The second kappa shape index (κ2) is 5.89. The lowest BCUT2D eigenvalue weighted by atomic mass is 9.95. The van der Waals surface area contributed by atoms with Crippen LogP contribution in [0.3, 0.4) is 0 Å². The van der Waals surface area contributed by atoms with Crippen molar-refractivity contribution in [2.75, 3.05) is 39.6 Å². The summed E-state index contributed by atoms with van der Waals surface area (Å²) in [6, 6.07) is 0. The SMILES string of the molecule is CN(CS)CCC1CCCN(C)C1. The molecule has 0 aliphatic carbocycles. The third-order valence-corrected chi connectivity index (χ3v) is 3.37. The van der Waals surface area contributed by atoms with Gasteiger partial charge < -0.3 is 4.90 Å². The first-order valence-corrected chi connectivity index (χ1v) is 5.83. The van der Waals surface area contributed by atoms with E-state index < -0.39 is 0 Å². The highest BCUT2D eigenvalue weighted by molar-refractivity contribution is 7.80. The zero-order chi connectivity index (χ0) is 9.68. The van der Waals surface area contributed by atoms with Crippen molar-refractivity contribution >= 4 is 12.6 Å². The van der Waals surface area contributed by atoms with Crippen molar-refractivity contribution in [3.05, 3.63) is 0 Å². The Morgan fingerprint density at radius 2 is 2.31 bits per heavy atom. The molecule has 0 aromatic heterocycles. The lowest BCUT2D eigenvalue weighted by molar-refractivity contribution is 0.190. The Hall–Kier alpha value is 0.270. The highest BCUT2D eigenvalue weighted by Crippen LogP contribution is 2.18. The summed E-state index contributed by atoms with van der Waals surface area (Å²) in [5.74, 6) is 1.80. The number of nitrogens with zero attached hydrogens (tertiary/aromatic N) is 2. The molecule has 1 rings (SSSR count).